The molecule has 0 bridgehead atoms. The molecule has 0 aliphatic rings. The van der Waals surface area contributed by atoms with Crippen LogP contribution in [0.15, 0.2) is 12.1 Å². The Morgan fingerprint density at radius 1 is 0.630 bits per heavy atom. The van der Waals surface area contributed by atoms with Crippen LogP contribution in [0.5, 0.6) is 11.5 Å². The Labute approximate surface area is 142 Å². The summed E-state index contributed by atoms with van der Waals surface area (Å²) in [5.41, 5.74) is -4.18. The fourth-order valence-corrected chi connectivity index (χ4v) is 1.84. The predicted molar refractivity (Wildman–Crippen MR) is 72.7 cm³/mol. The van der Waals surface area contributed by atoms with Crippen LogP contribution in [0.3, 0.4) is 0 Å². The van der Waals surface area contributed by atoms with E-state index in [0.717, 1.165) is 0 Å². The van der Waals surface area contributed by atoms with Gasteiger partial charge in [-0.05, 0) is 0 Å². The first-order valence-corrected chi connectivity index (χ1v) is 6.27. The van der Waals surface area contributed by atoms with E-state index in [1.807, 2.05) is 0 Å². The third kappa shape index (κ3) is 3.29. The molecule has 0 N–H and O–H groups in total. The van der Waals surface area contributed by atoms with Crippen LogP contribution in [0.4, 0.5) is 39.0 Å². The number of nitrogens with zero attached hydrogens (tertiary/aromatic N) is 3. The Morgan fingerprint density at radius 2 is 1.00 bits per heavy atom. The highest BCUT2D eigenvalue weighted by Crippen LogP contribution is 2.44. The number of hydrogen-bond acceptors (Lipinski definition) is 7. The molecule has 0 aliphatic heterocycles. The molecule has 0 aliphatic carbocycles. The van der Waals surface area contributed by atoms with Crippen molar-refractivity contribution in [1.29, 1.82) is 0 Å². The van der Waals surface area contributed by atoms with Crippen LogP contribution in [0, 0.1) is 59.4 Å². The van der Waals surface area contributed by atoms with Gasteiger partial charge in [0.15, 0.2) is 0 Å². The van der Waals surface area contributed by atoms with Gasteiger partial charge in [-0.15, -0.1) is 0 Å². The third-order valence-electron chi connectivity index (χ3n) is 3.01. The molecule has 0 heterocycles. The Morgan fingerprint density at radius 3 is 1.33 bits per heavy atom. The maximum absolute atomic E-state index is 13.7. The number of hydrogen-bond donors (Lipinski definition) is 0. The van der Waals surface area contributed by atoms with Gasteiger partial charge in [0.05, 0.1) is 26.9 Å². The largest absolute Gasteiger partial charge is 0.438 e. The van der Waals surface area contributed by atoms with Crippen LogP contribution in [0.2, 0.25) is 0 Å². The maximum Gasteiger partial charge on any atom is 0.325 e. The molecule has 0 spiro atoms. The zero-order valence-electron chi connectivity index (χ0n) is 12.2. The molecule has 0 atom stereocenters. The Bertz CT molecular complexity index is 949. The third-order valence-corrected chi connectivity index (χ3v) is 3.01. The summed E-state index contributed by atoms with van der Waals surface area (Å²) in [6, 6.07) is 0.294. The minimum absolute atomic E-state index is 0.147. The van der Waals surface area contributed by atoms with Crippen LogP contribution in [-0.2, 0) is 0 Å². The van der Waals surface area contributed by atoms with Crippen molar-refractivity contribution in [2.75, 3.05) is 0 Å². The van der Waals surface area contributed by atoms with Crippen molar-refractivity contribution in [3.05, 3.63) is 71.6 Å². The maximum atomic E-state index is 13.7. The second-order valence-electron chi connectivity index (χ2n) is 4.59. The van der Waals surface area contributed by atoms with Crippen LogP contribution in [-0.4, -0.2) is 14.8 Å². The number of benzene rings is 2. The van der Waals surface area contributed by atoms with Crippen molar-refractivity contribution in [1.82, 2.24) is 0 Å². The molecule has 0 radical (unpaired) electrons. The molecule has 0 aromatic heterocycles. The summed E-state index contributed by atoms with van der Waals surface area (Å²) in [5, 5.41) is 32.7. The lowest BCUT2D eigenvalue weighted by molar-refractivity contribution is -0.404. The van der Waals surface area contributed by atoms with Crippen molar-refractivity contribution in [2.45, 2.75) is 0 Å². The van der Waals surface area contributed by atoms with E-state index in [-0.39, 0.29) is 12.1 Å². The van der Waals surface area contributed by atoms with E-state index in [4.69, 9.17) is 0 Å². The van der Waals surface area contributed by atoms with E-state index in [1.54, 1.807) is 0 Å². The summed E-state index contributed by atoms with van der Waals surface area (Å²) in [6.07, 6.45) is 0. The molecule has 142 valence electrons. The lowest BCUT2D eigenvalue weighted by atomic mass is 10.2. The first kappa shape index (κ1) is 19.4. The molecular formula is C12H2F5N3O7. The highest BCUT2D eigenvalue weighted by atomic mass is 19.2. The number of halogens is 5. The zero-order valence-corrected chi connectivity index (χ0v) is 12.2. The van der Waals surface area contributed by atoms with E-state index in [1.165, 1.54) is 0 Å². The van der Waals surface area contributed by atoms with Gasteiger partial charge < -0.3 is 4.74 Å². The smallest absolute Gasteiger partial charge is 0.325 e. The molecule has 2 rings (SSSR count). The van der Waals surface area contributed by atoms with Crippen molar-refractivity contribution in [3.8, 4) is 11.5 Å². The van der Waals surface area contributed by atoms with Gasteiger partial charge in [0, 0.05) is 0 Å². The van der Waals surface area contributed by atoms with E-state index in [9.17, 15) is 52.3 Å². The van der Waals surface area contributed by atoms with Crippen molar-refractivity contribution >= 4 is 17.1 Å². The summed E-state index contributed by atoms with van der Waals surface area (Å²) in [6.45, 7) is 0. The molecule has 0 unspecified atom stereocenters. The first-order valence-electron chi connectivity index (χ1n) is 6.27. The normalized spacial score (nSPS) is 10.6. The number of rotatable bonds is 5. The molecule has 0 fully saturated rings. The van der Waals surface area contributed by atoms with Gasteiger partial charge in [0.2, 0.25) is 34.8 Å². The van der Waals surface area contributed by atoms with Gasteiger partial charge in [-0.1, -0.05) is 0 Å². The highest BCUT2D eigenvalue weighted by Gasteiger charge is 2.36. The number of nitro benzene ring substituents is 3. The molecule has 0 amide bonds. The fourth-order valence-electron chi connectivity index (χ4n) is 1.84. The van der Waals surface area contributed by atoms with E-state index >= 15 is 0 Å². The van der Waals surface area contributed by atoms with Crippen LogP contribution < -0.4 is 4.74 Å². The lowest BCUT2D eigenvalue weighted by Crippen LogP contribution is -2.06. The van der Waals surface area contributed by atoms with Crippen molar-refractivity contribution < 1.29 is 41.5 Å². The quantitative estimate of drug-likeness (QED) is 0.246. The zero-order chi connectivity index (χ0) is 20.6. The molecule has 27 heavy (non-hydrogen) atoms. The summed E-state index contributed by atoms with van der Waals surface area (Å²) in [7, 11) is 0. The predicted octanol–water partition coefficient (Wildman–Crippen LogP) is 3.90. The van der Waals surface area contributed by atoms with Gasteiger partial charge in [-0.3, -0.25) is 30.3 Å². The van der Waals surface area contributed by atoms with Crippen molar-refractivity contribution in [3.63, 3.8) is 0 Å². The Hall–Kier alpha value is -3.91. The second kappa shape index (κ2) is 6.77. The molecule has 2 aromatic rings. The van der Waals surface area contributed by atoms with Crippen LogP contribution in [0.25, 0.3) is 0 Å². The average molecular weight is 395 g/mol. The fraction of sp³-hybridized carbons (Fsp3) is 0. The Balaban J connectivity index is 2.82. The summed E-state index contributed by atoms with van der Waals surface area (Å²) in [5.74, 6) is -16.3. The monoisotopic (exact) mass is 395 g/mol. The lowest BCUT2D eigenvalue weighted by Gasteiger charge is -2.10. The van der Waals surface area contributed by atoms with Crippen molar-refractivity contribution in [2.24, 2.45) is 0 Å². The summed E-state index contributed by atoms with van der Waals surface area (Å²) < 4.78 is 71.0. The van der Waals surface area contributed by atoms with E-state index < -0.39 is 72.4 Å². The van der Waals surface area contributed by atoms with Crippen LogP contribution >= 0.6 is 0 Å². The van der Waals surface area contributed by atoms with E-state index in [0.29, 0.717) is 0 Å². The van der Waals surface area contributed by atoms with Gasteiger partial charge in [0.1, 0.15) is 0 Å². The van der Waals surface area contributed by atoms with Crippen LogP contribution in [0.1, 0.15) is 0 Å². The number of non-ortho nitro benzene ring substituents is 1. The molecule has 0 saturated carbocycles. The molecular weight excluding hydrogens is 393 g/mol. The standard InChI is InChI=1S/C12H2F5N3O7/c13-6-7(14)9(16)12(10(17)8(6)15)27-11-4(19(23)24)1-3(18(21)22)2-5(11)20(25)26/h1-2H. The van der Waals surface area contributed by atoms with Gasteiger partial charge in [-0.25, -0.2) is 13.2 Å². The minimum Gasteiger partial charge on any atom is -0.438 e. The number of ether oxygens (including phenoxy) is 1. The van der Waals surface area contributed by atoms with E-state index in [2.05, 4.69) is 4.74 Å². The topological polar surface area (TPSA) is 139 Å². The van der Waals surface area contributed by atoms with Gasteiger partial charge in [-0.2, -0.15) is 8.78 Å². The molecule has 10 nitrogen and oxygen atoms in total. The molecule has 15 heteroatoms. The highest BCUT2D eigenvalue weighted by molar-refractivity contribution is 5.66. The Kier molecular flexibility index (Phi) is 4.87. The van der Waals surface area contributed by atoms with Gasteiger partial charge in [0.25, 0.3) is 11.4 Å². The minimum atomic E-state index is -2.56. The SMILES string of the molecule is O=[N+]([O-])c1cc([N+](=O)[O-])c(Oc2c(F)c(F)c(F)c(F)c2F)c([N+](=O)[O-])c1. The van der Waals surface area contributed by atoms with Gasteiger partial charge >= 0.3 is 11.4 Å². The molecule has 2 aromatic carbocycles. The summed E-state index contributed by atoms with van der Waals surface area (Å²) >= 11 is 0. The average Bonchev–Trinajstić information content (AvgIpc) is 2.61. The molecule has 0 saturated heterocycles. The summed E-state index contributed by atoms with van der Waals surface area (Å²) in [4.78, 5) is 28.6. The number of nitro groups is 3. The second-order valence-corrected chi connectivity index (χ2v) is 4.59. The first-order chi connectivity index (χ1) is 12.5.